The van der Waals surface area contributed by atoms with Gasteiger partial charge < -0.3 is 47.4 Å². The molecule has 0 aliphatic rings. The minimum atomic E-state index is -0.410. The maximum absolute atomic E-state index is 11.2. The van der Waals surface area contributed by atoms with Crippen LogP contribution in [0.1, 0.15) is 12.5 Å². The number of benzene rings is 1. The molecule has 230 valence electrons. The first-order valence-corrected chi connectivity index (χ1v) is 13.8. The molecule has 0 atom stereocenters. The predicted molar refractivity (Wildman–Crippen MR) is 148 cm³/mol. The summed E-state index contributed by atoms with van der Waals surface area (Å²) >= 11 is 0. The molecule has 0 fully saturated rings. The molecule has 11 heteroatoms. The molecule has 0 aromatic heterocycles. The Morgan fingerprint density at radius 1 is 0.500 bits per heavy atom. The largest absolute Gasteiger partial charge is 0.460 e. The molecule has 40 heavy (non-hydrogen) atoms. The number of ether oxygens (including phenoxy) is 10. The van der Waals surface area contributed by atoms with Crippen LogP contribution < -0.4 is 0 Å². The van der Waals surface area contributed by atoms with Crippen LogP contribution in [0.3, 0.4) is 0 Å². The van der Waals surface area contributed by atoms with Crippen molar-refractivity contribution >= 4 is 5.97 Å². The third-order valence-corrected chi connectivity index (χ3v) is 4.90. The first kappa shape index (κ1) is 36.1. The van der Waals surface area contributed by atoms with Crippen molar-refractivity contribution in [2.75, 3.05) is 119 Å². The lowest BCUT2D eigenvalue weighted by Crippen LogP contribution is -2.15. The lowest BCUT2D eigenvalue weighted by Gasteiger charge is -2.09. The molecule has 0 bridgehead atoms. The summed E-state index contributed by atoms with van der Waals surface area (Å²) in [6.07, 6.45) is 0. The van der Waals surface area contributed by atoms with Gasteiger partial charge in [-0.25, -0.2) is 4.79 Å². The molecule has 0 radical (unpaired) electrons. The second-order valence-electron chi connectivity index (χ2n) is 8.35. The molecule has 0 amide bonds. The Balaban J connectivity index is 1.64. The van der Waals surface area contributed by atoms with Crippen molar-refractivity contribution in [3.63, 3.8) is 0 Å². The van der Waals surface area contributed by atoms with E-state index in [4.69, 9.17) is 47.4 Å². The van der Waals surface area contributed by atoms with Crippen molar-refractivity contribution in [1.29, 1.82) is 0 Å². The first-order valence-electron chi connectivity index (χ1n) is 13.8. The normalized spacial score (nSPS) is 11.1. The Kier molecular flexibility index (Phi) is 25.8. The zero-order chi connectivity index (χ0) is 28.8. The molecule has 0 heterocycles. The molecule has 1 aromatic rings. The summed E-state index contributed by atoms with van der Waals surface area (Å²) in [5, 5.41) is 0. The smallest absolute Gasteiger partial charge is 0.333 e. The fraction of sp³-hybridized carbons (Fsp3) is 0.690. The van der Waals surface area contributed by atoms with Gasteiger partial charge >= 0.3 is 5.97 Å². The summed E-state index contributed by atoms with van der Waals surface area (Å²) in [4.78, 5) is 11.2. The number of carbonyl (C=O) groups excluding carboxylic acids is 1. The molecule has 1 rings (SSSR count). The van der Waals surface area contributed by atoms with E-state index in [0.717, 1.165) is 5.56 Å². The van der Waals surface area contributed by atoms with E-state index in [1.54, 1.807) is 6.92 Å². The highest BCUT2D eigenvalue weighted by Gasteiger charge is 2.02. The number of hydrogen-bond donors (Lipinski definition) is 0. The topological polar surface area (TPSA) is 109 Å². The fourth-order valence-electron chi connectivity index (χ4n) is 2.84. The number of rotatable bonds is 30. The Bertz CT molecular complexity index is 702. The molecule has 0 spiro atoms. The van der Waals surface area contributed by atoms with E-state index < -0.39 is 5.97 Å². The van der Waals surface area contributed by atoms with E-state index in [2.05, 4.69) is 6.58 Å². The summed E-state index contributed by atoms with van der Waals surface area (Å²) in [6.45, 7) is 14.3. The molecular formula is C29H48O11. The summed E-state index contributed by atoms with van der Waals surface area (Å²) in [7, 11) is 0. The quantitative estimate of drug-likeness (QED) is 0.0770. The second-order valence-corrected chi connectivity index (χ2v) is 8.35. The third kappa shape index (κ3) is 25.1. The van der Waals surface area contributed by atoms with Crippen LogP contribution in [0.25, 0.3) is 0 Å². The van der Waals surface area contributed by atoms with E-state index in [1.165, 1.54) is 0 Å². The summed E-state index contributed by atoms with van der Waals surface area (Å²) in [5.74, 6) is -0.410. The van der Waals surface area contributed by atoms with Gasteiger partial charge in [0.25, 0.3) is 0 Å². The van der Waals surface area contributed by atoms with Gasteiger partial charge in [0.15, 0.2) is 0 Å². The van der Waals surface area contributed by atoms with E-state index in [9.17, 15) is 4.79 Å². The molecule has 0 saturated heterocycles. The molecule has 0 aliphatic carbocycles. The SMILES string of the molecule is C=C(C)C(=O)OCCOCCOCCOCCOCCOCCOCCOCCOCCOCc1ccccc1. The maximum atomic E-state index is 11.2. The highest BCUT2D eigenvalue weighted by molar-refractivity contribution is 5.86. The molecule has 0 aliphatic heterocycles. The monoisotopic (exact) mass is 572 g/mol. The van der Waals surface area contributed by atoms with Gasteiger partial charge in [-0.3, -0.25) is 0 Å². The van der Waals surface area contributed by atoms with Crippen molar-refractivity contribution in [1.82, 2.24) is 0 Å². The fourth-order valence-corrected chi connectivity index (χ4v) is 2.84. The van der Waals surface area contributed by atoms with Crippen LogP contribution in [0.15, 0.2) is 42.5 Å². The van der Waals surface area contributed by atoms with E-state index in [-0.39, 0.29) is 6.61 Å². The summed E-state index contributed by atoms with van der Waals surface area (Å²) < 4.78 is 53.9. The lowest BCUT2D eigenvalue weighted by atomic mass is 10.2. The van der Waals surface area contributed by atoms with Crippen molar-refractivity contribution in [2.45, 2.75) is 13.5 Å². The molecule has 0 saturated carbocycles. The van der Waals surface area contributed by atoms with Gasteiger partial charge in [-0.05, 0) is 12.5 Å². The van der Waals surface area contributed by atoms with Gasteiger partial charge in [0.1, 0.15) is 6.61 Å². The minimum Gasteiger partial charge on any atom is -0.460 e. The third-order valence-electron chi connectivity index (χ3n) is 4.90. The highest BCUT2D eigenvalue weighted by atomic mass is 16.6. The van der Waals surface area contributed by atoms with Crippen LogP contribution in [0.5, 0.6) is 0 Å². The van der Waals surface area contributed by atoms with Crippen LogP contribution in [0.4, 0.5) is 0 Å². The van der Waals surface area contributed by atoms with Gasteiger partial charge in [0.05, 0.1) is 119 Å². The van der Waals surface area contributed by atoms with Crippen LogP contribution in [0, 0.1) is 0 Å². The lowest BCUT2D eigenvalue weighted by molar-refractivity contribution is -0.140. The van der Waals surface area contributed by atoms with Crippen LogP contribution in [-0.2, 0) is 58.8 Å². The zero-order valence-electron chi connectivity index (χ0n) is 24.0. The Morgan fingerprint density at radius 2 is 0.800 bits per heavy atom. The van der Waals surface area contributed by atoms with Crippen molar-refractivity contribution in [3.05, 3.63) is 48.0 Å². The molecule has 1 aromatic carbocycles. The molecular weight excluding hydrogens is 524 g/mol. The Morgan fingerprint density at radius 3 is 1.12 bits per heavy atom. The van der Waals surface area contributed by atoms with Crippen LogP contribution in [-0.4, -0.2) is 125 Å². The average molecular weight is 573 g/mol. The number of esters is 1. The van der Waals surface area contributed by atoms with E-state index in [0.29, 0.717) is 124 Å². The number of hydrogen-bond acceptors (Lipinski definition) is 11. The van der Waals surface area contributed by atoms with Gasteiger partial charge in [-0.15, -0.1) is 0 Å². The van der Waals surface area contributed by atoms with E-state index >= 15 is 0 Å². The molecule has 0 N–H and O–H groups in total. The minimum absolute atomic E-state index is 0.202. The van der Waals surface area contributed by atoms with Crippen molar-refractivity contribution < 1.29 is 52.2 Å². The average Bonchev–Trinajstić information content (AvgIpc) is 2.96. The van der Waals surface area contributed by atoms with Gasteiger partial charge in [-0.1, -0.05) is 36.9 Å². The van der Waals surface area contributed by atoms with Crippen molar-refractivity contribution in [2.24, 2.45) is 0 Å². The van der Waals surface area contributed by atoms with Gasteiger partial charge in [-0.2, -0.15) is 0 Å². The molecule has 11 nitrogen and oxygen atoms in total. The van der Waals surface area contributed by atoms with Gasteiger partial charge in [0, 0.05) is 5.57 Å². The van der Waals surface area contributed by atoms with Crippen LogP contribution >= 0.6 is 0 Å². The standard InChI is InChI=1S/C29H48O11/c1-27(2)29(30)40-25-24-38-21-20-36-17-16-34-13-12-32-9-8-31-10-11-33-14-15-35-18-19-37-22-23-39-26-28-6-4-3-5-7-28/h3-7H,1,8-26H2,2H3. The Hall–Kier alpha value is -1.93. The first-order chi connectivity index (χ1) is 19.7. The predicted octanol–water partition coefficient (Wildman–Crippen LogP) is 2.46. The summed E-state index contributed by atoms with van der Waals surface area (Å²) in [5.41, 5.74) is 1.53. The maximum Gasteiger partial charge on any atom is 0.333 e. The molecule has 0 unspecified atom stereocenters. The second kappa shape index (κ2) is 28.6. The van der Waals surface area contributed by atoms with Crippen LogP contribution in [0.2, 0.25) is 0 Å². The number of carbonyl (C=O) groups is 1. The Labute approximate surface area is 238 Å². The summed E-state index contributed by atoms with van der Waals surface area (Å²) in [6, 6.07) is 10.1. The highest BCUT2D eigenvalue weighted by Crippen LogP contribution is 2.00. The zero-order valence-corrected chi connectivity index (χ0v) is 24.0. The van der Waals surface area contributed by atoms with E-state index in [1.807, 2.05) is 30.3 Å². The van der Waals surface area contributed by atoms with Crippen molar-refractivity contribution in [3.8, 4) is 0 Å². The van der Waals surface area contributed by atoms with Gasteiger partial charge in [0.2, 0.25) is 0 Å².